The lowest BCUT2D eigenvalue weighted by Crippen LogP contribution is -2.20. The molecule has 2 rings (SSSR count). The quantitative estimate of drug-likeness (QED) is 0.690. The van der Waals surface area contributed by atoms with E-state index < -0.39 is 0 Å². The predicted octanol–water partition coefficient (Wildman–Crippen LogP) is 5.07. The van der Waals surface area contributed by atoms with Crippen molar-refractivity contribution in [1.82, 2.24) is 4.98 Å². The van der Waals surface area contributed by atoms with Gasteiger partial charge in [0, 0.05) is 23.8 Å². The van der Waals surface area contributed by atoms with Gasteiger partial charge in [-0.15, -0.1) is 11.6 Å². The maximum absolute atomic E-state index is 5.98. The minimum atomic E-state index is 0.521. The molecule has 0 amide bonds. The second-order valence-corrected chi connectivity index (χ2v) is 5.22. The summed E-state index contributed by atoms with van der Waals surface area (Å²) in [6.45, 7) is 5.19. The maximum Gasteiger partial charge on any atom is 0.133 e. The number of nitrogens with zero attached hydrogens (tertiary/aromatic N) is 2. The van der Waals surface area contributed by atoms with Crippen LogP contribution in [-0.4, -0.2) is 11.5 Å². The van der Waals surface area contributed by atoms with Crippen molar-refractivity contribution in [2.75, 3.05) is 11.4 Å². The summed E-state index contributed by atoms with van der Waals surface area (Å²) in [5.74, 6) is 1.51. The average molecular weight is 289 g/mol. The molecule has 0 atom stereocenters. The second-order valence-electron chi connectivity index (χ2n) is 4.95. The summed E-state index contributed by atoms with van der Waals surface area (Å²) in [6, 6.07) is 14.5. The molecule has 1 aromatic carbocycles. The minimum absolute atomic E-state index is 0.521. The van der Waals surface area contributed by atoms with Crippen molar-refractivity contribution >= 4 is 23.1 Å². The van der Waals surface area contributed by atoms with Gasteiger partial charge in [0.1, 0.15) is 5.82 Å². The summed E-state index contributed by atoms with van der Waals surface area (Å²) in [7, 11) is 0. The molecule has 0 bridgehead atoms. The third kappa shape index (κ3) is 3.73. The number of rotatable bonds is 6. The first-order valence-corrected chi connectivity index (χ1v) is 7.64. The van der Waals surface area contributed by atoms with Crippen molar-refractivity contribution in [3.8, 4) is 0 Å². The van der Waals surface area contributed by atoms with Crippen molar-refractivity contribution < 1.29 is 0 Å². The number of aryl methyl sites for hydroxylation is 1. The van der Waals surface area contributed by atoms with E-state index in [-0.39, 0.29) is 0 Å². The Hall–Kier alpha value is -1.54. The van der Waals surface area contributed by atoms with Gasteiger partial charge in [-0.1, -0.05) is 31.5 Å². The number of anilines is 2. The molecule has 1 aromatic heterocycles. The molecule has 1 heterocycles. The van der Waals surface area contributed by atoms with Gasteiger partial charge < -0.3 is 4.90 Å². The average Bonchev–Trinajstić information content (AvgIpc) is 2.48. The van der Waals surface area contributed by atoms with Crippen LogP contribution in [0.5, 0.6) is 0 Å². The molecule has 3 heteroatoms. The molecule has 0 unspecified atom stereocenters. The van der Waals surface area contributed by atoms with Crippen LogP contribution in [0.1, 0.15) is 31.0 Å². The number of alkyl halides is 1. The zero-order chi connectivity index (χ0) is 14.4. The minimum Gasteiger partial charge on any atom is -0.326 e. The maximum atomic E-state index is 5.98. The van der Waals surface area contributed by atoms with Crippen LogP contribution in [0.15, 0.2) is 42.5 Å². The van der Waals surface area contributed by atoms with Crippen molar-refractivity contribution in [3.63, 3.8) is 0 Å². The standard InChI is InChI=1S/C17H21ClN2/c1-3-4-10-20(16-8-6-5-7-9-16)17-12-15(13-18)11-14(2)19-17/h5-9,11-12H,3-4,10,13H2,1-2H3. The van der Waals surface area contributed by atoms with Crippen LogP contribution in [0.2, 0.25) is 0 Å². The Morgan fingerprint density at radius 3 is 2.55 bits per heavy atom. The van der Waals surface area contributed by atoms with Crippen molar-refractivity contribution in [2.45, 2.75) is 32.6 Å². The Bertz CT molecular complexity index is 540. The highest BCUT2D eigenvalue weighted by Gasteiger charge is 2.11. The summed E-state index contributed by atoms with van der Waals surface area (Å²) >= 11 is 5.98. The smallest absolute Gasteiger partial charge is 0.133 e. The highest BCUT2D eigenvalue weighted by atomic mass is 35.5. The van der Waals surface area contributed by atoms with Crippen LogP contribution in [-0.2, 0) is 5.88 Å². The number of hydrogen-bond acceptors (Lipinski definition) is 2. The normalized spacial score (nSPS) is 10.6. The lowest BCUT2D eigenvalue weighted by Gasteiger charge is -2.24. The Morgan fingerprint density at radius 1 is 1.15 bits per heavy atom. The van der Waals surface area contributed by atoms with Gasteiger partial charge in [0.15, 0.2) is 0 Å². The van der Waals surface area contributed by atoms with E-state index >= 15 is 0 Å². The van der Waals surface area contributed by atoms with Crippen LogP contribution in [0, 0.1) is 6.92 Å². The molecule has 2 nitrogen and oxygen atoms in total. The van der Waals surface area contributed by atoms with Gasteiger partial charge in [0.2, 0.25) is 0 Å². The van der Waals surface area contributed by atoms with Gasteiger partial charge in [0.25, 0.3) is 0 Å². The zero-order valence-electron chi connectivity index (χ0n) is 12.1. The van der Waals surface area contributed by atoms with Crippen molar-refractivity contribution in [2.24, 2.45) is 0 Å². The van der Waals surface area contributed by atoms with Crippen LogP contribution >= 0.6 is 11.6 Å². The van der Waals surface area contributed by atoms with Crippen LogP contribution in [0.4, 0.5) is 11.5 Å². The number of hydrogen-bond donors (Lipinski definition) is 0. The first-order valence-electron chi connectivity index (χ1n) is 7.10. The topological polar surface area (TPSA) is 16.1 Å². The first-order chi connectivity index (χ1) is 9.74. The van der Waals surface area contributed by atoms with E-state index in [1.54, 1.807) is 0 Å². The van der Waals surface area contributed by atoms with Gasteiger partial charge in [-0.05, 0) is 43.2 Å². The fraction of sp³-hybridized carbons (Fsp3) is 0.353. The molecule has 0 spiro atoms. The Morgan fingerprint density at radius 2 is 1.90 bits per heavy atom. The monoisotopic (exact) mass is 288 g/mol. The summed E-state index contributed by atoms with van der Waals surface area (Å²) in [4.78, 5) is 6.95. The second kappa shape index (κ2) is 7.30. The van der Waals surface area contributed by atoms with E-state index in [9.17, 15) is 0 Å². The summed E-state index contributed by atoms with van der Waals surface area (Å²) < 4.78 is 0. The van der Waals surface area contributed by atoms with Gasteiger partial charge in [-0.25, -0.2) is 4.98 Å². The molecule has 2 aromatic rings. The largest absolute Gasteiger partial charge is 0.326 e. The Kier molecular flexibility index (Phi) is 5.42. The molecule has 106 valence electrons. The third-order valence-corrected chi connectivity index (χ3v) is 3.54. The molecule has 0 aliphatic carbocycles. The predicted molar refractivity (Wildman–Crippen MR) is 86.9 cm³/mol. The van der Waals surface area contributed by atoms with Crippen molar-refractivity contribution in [3.05, 3.63) is 53.7 Å². The zero-order valence-corrected chi connectivity index (χ0v) is 12.9. The van der Waals surface area contributed by atoms with Gasteiger partial charge in [-0.2, -0.15) is 0 Å². The molecule has 0 saturated heterocycles. The lowest BCUT2D eigenvalue weighted by molar-refractivity contribution is 0.778. The van der Waals surface area contributed by atoms with Crippen LogP contribution < -0.4 is 4.90 Å². The summed E-state index contributed by atoms with van der Waals surface area (Å²) in [5, 5.41) is 0. The van der Waals surface area contributed by atoms with E-state index in [1.807, 2.05) is 19.1 Å². The van der Waals surface area contributed by atoms with Crippen LogP contribution in [0.25, 0.3) is 0 Å². The molecule has 0 aliphatic heterocycles. The van der Waals surface area contributed by atoms with Gasteiger partial charge >= 0.3 is 0 Å². The number of benzene rings is 1. The van der Waals surface area contributed by atoms with Crippen LogP contribution in [0.3, 0.4) is 0 Å². The molecule has 0 fully saturated rings. The van der Waals surface area contributed by atoms with Crippen molar-refractivity contribution in [1.29, 1.82) is 0 Å². The molecule has 20 heavy (non-hydrogen) atoms. The summed E-state index contributed by atoms with van der Waals surface area (Å²) in [6.07, 6.45) is 2.30. The number of unbranched alkanes of at least 4 members (excludes halogenated alkanes) is 1. The Balaban J connectivity index is 2.38. The molecular formula is C17H21ClN2. The SMILES string of the molecule is CCCCN(c1ccccc1)c1cc(CCl)cc(C)n1. The molecule has 0 radical (unpaired) electrons. The number of halogens is 1. The number of pyridine rings is 1. The highest BCUT2D eigenvalue weighted by molar-refractivity contribution is 6.17. The third-order valence-electron chi connectivity index (χ3n) is 3.23. The van der Waals surface area contributed by atoms with Gasteiger partial charge in [0.05, 0.1) is 0 Å². The van der Waals surface area contributed by atoms with Gasteiger partial charge in [-0.3, -0.25) is 0 Å². The lowest BCUT2D eigenvalue weighted by atomic mass is 10.2. The molecule has 0 aliphatic rings. The molecule has 0 N–H and O–H groups in total. The molecular weight excluding hydrogens is 268 g/mol. The van der Waals surface area contributed by atoms with E-state index in [4.69, 9.17) is 11.6 Å². The number of aromatic nitrogens is 1. The highest BCUT2D eigenvalue weighted by Crippen LogP contribution is 2.25. The number of para-hydroxylation sites is 1. The fourth-order valence-corrected chi connectivity index (χ4v) is 2.39. The van der Waals surface area contributed by atoms with E-state index in [0.29, 0.717) is 5.88 Å². The van der Waals surface area contributed by atoms with E-state index in [0.717, 1.165) is 36.5 Å². The molecule has 0 saturated carbocycles. The Labute approximate surface area is 126 Å². The first kappa shape index (κ1) is 14.9. The fourth-order valence-electron chi connectivity index (χ4n) is 2.24. The van der Waals surface area contributed by atoms with E-state index in [2.05, 4.69) is 47.1 Å². The summed E-state index contributed by atoms with van der Waals surface area (Å²) in [5.41, 5.74) is 3.31. The van der Waals surface area contributed by atoms with E-state index in [1.165, 1.54) is 5.69 Å².